The van der Waals surface area contributed by atoms with E-state index in [1.54, 1.807) is 36.4 Å². The first kappa shape index (κ1) is 16.3. The third-order valence-electron chi connectivity index (χ3n) is 4.00. The Morgan fingerprint density at radius 2 is 2.00 bits per heavy atom. The van der Waals surface area contributed by atoms with E-state index in [-0.39, 0.29) is 11.7 Å². The first-order valence-corrected chi connectivity index (χ1v) is 8.73. The molecule has 0 radical (unpaired) electrons. The Morgan fingerprint density at radius 3 is 2.85 bits per heavy atom. The topological polar surface area (TPSA) is 83.6 Å². The van der Waals surface area contributed by atoms with Gasteiger partial charge >= 0.3 is 0 Å². The number of aromatic amines is 1. The van der Waals surface area contributed by atoms with Gasteiger partial charge in [-0.25, -0.2) is 9.37 Å². The maximum absolute atomic E-state index is 13.8. The zero-order chi connectivity index (χ0) is 18.1. The van der Waals surface area contributed by atoms with Gasteiger partial charge in [-0.1, -0.05) is 18.2 Å². The van der Waals surface area contributed by atoms with Crippen molar-refractivity contribution in [2.24, 2.45) is 0 Å². The molecule has 0 spiro atoms. The fourth-order valence-corrected chi connectivity index (χ4v) is 3.59. The maximum Gasteiger partial charge on any atom is 0.257 e. The van der Waals surface area contributed by atoms with Crippen LogP contribution in [0, 0.1) is 12.7 Å². The third kappa shape index (κ3) is 3.18. The number of hydrogen-bond acceptors (Lipinski definition) is 5. The van der Waals surface area contributed by atoms with Gasteiger partial charge in [-0.05, 0) is 36.8 Å². The lowest BCUT2D eigenvalue weighted by Gasteiger charge is -2.01. The minimum atomic E-state index is -0.277. The molecule has 0 aliphatic carbocycles. The zero-order valence-corrected chi connectivity index (χ0v) is 14.6. The van der Waals surface area contributed by atoms with Crippen molar-refractivity contribution in [3.05, 3.63) is 70.0 Å². The van der Waals surface area contributed by atoms with Gasteiger partial charge in [0.05, 0.1) is 5.69 Å². The molecule has 8 heteroatoms. The van der Waals surface area contributed by atoms with Crippen LogP contribution >= 0.6 is 11.3 Å². The molecular formula is C18H14FN5OS. The number of carbonyl (C=O) groups is 1. The zero-order valence-electron chi connectivity index (χ0n) is 13.8. The van der Waals surface area contributed by atoms with E-state index in [1.807, 2.05) is 6.92 Å². The van der Waals surface area contributed by atoms with E-state index in [9.17, 15) is 9.18 Å². The Balaban J connectivity index is 1.53. The average molecular weight is 367 g/mol. The predicted molar refractivity (Wildman–Crippen MR) is 97.9 cm³/mol. The summed E-state index contributed by atoms with van der Waals surface area (Å²) in [5.74, 6) is -0.520. The summed E-state index contributed by atoms with van der Waals surface area (Å²) in [6.45, 7) is 1.85. The number of fused-ring (bicyclic) bond motifs is 1. The second-order valence-corrected chi connectivity index (χ2v) is 6.86. The minimum Gasteiger partial charge on any atom is -0.298 e. The van der Waals surface area contributed by atoms with Gasteiger partial charge in [-0.3, -0.25) is 10.1 Å². The molecule has 26 heavy (non-hydrogen) atoms. The van der Waals surface area contributed by atoms with Crippen LogP contribution in [0.15, 0.2) is 42.5 Å². The summed E-state index contributed by atoms with van der Waals surface area (Å²) in [7, 11) is 0. The lowest BCUT2D eigenvalue weighted by molar-refractivity contribution is 0.102. The summed E-state index contributed by atoms with van der Waals surface area (Å²) >= 11 is 1.35. The maximum atomic E-state index is 13.8. The summed E-state index contributed by atoms with van der Waals surface area (Å²) < 4.78 is 13.8. The van der Waals surface area contributed by atoms with Crippen LogP contribution in [-0.4, -0.2) is 26.3 Å². The normalized spacial score (nSPS) is 11.0. The number of benzene rings is 2. The Morgan fingerprint density at radius 1 is 1.19 bits per heavy atom. The van der Waals surface area contributed by atoms with E-state index >= 15 is 0 Å². The van der Waals surface area contributed by atoms with Crippen molar-refractivity contribution in [1.29, 1.82) is 0 Å². The highest BCUT2D eigenvalue weighted by atomic mass is 32.1. The van der Waals surface area contributed by atoms with E-state index in [4.69, 9.17) is 0 Å². The second kappa shape index (κ2) is 6.64. The molecule has 0 unspecified atom stereocenters. The van der Waals surface area contributed by atoms with Gasteiger partial charge in [-0.15, -0.1) is 11.3 Å². The van der Waals surface area contributed by atoms with Crippen molar-refractivity contribution in [1.82, 2.24) is 20.4 Å². The smallest absolute Gasteiger partial charge is 0.257 e. The molecular weight excluding hydrogens is 353 g/mol. The van der Waals surface area contributed by atoms with Gasteiger partial charge in [0.2, 0.25) is 0 Å². The fourth-order valence-electron chi connectivity index (χ4n) is 2.61. The van der Waals surface area contributed by atoms with Gasteiger partial charge < -0.3 is 0 Å². The van der Waals surface area contributed by atoms with Gasteiger partial charge in [0, 0.05) is 16.9 Å². The molecule has 130 valence electrons. The van der Waals surface area contributed by atoms with Crippen LogP contribution in [0.2, 0.25) is 0 Å². The number of hydrogen-bond donors (Lipinski definition) is 2. The number of H-pyrrole nitrogens is 1. The Kier molecular flexibility index (Phi) is 4.18. The summed E-state index contributed by atoms with van der Waals surface area (Å²) in [6, 6.07) is 11.7. The SMILES string of the molecule is Cc1nc(NC(=O)c2ccc3n[nH]nc3c2)sc1Cc1ccccc1F. The van der Waals surface area contributed by atoms with Crippen molar-refractivity contribution in [2.45, 2.75) is 13.3 Å². The number of amides is 1. The average Bonchev–Trinajstić information content (AvgIpc) is 3.23. The van der Waals surface area contributed by atoms with Crippen LogP contribution in [0.25, 0.3) is 11.0 Å². The molecule has 2 aromatic heterocycles. The van der Waals surface area contributed by atoms with Crippen LogP contribution in [0.3, 0.4) is 0 Å². The Labute approximate surface area is 152 Å². The summed E-state index contributed by atoms with van der Waals surface area (Å²) in [6.07, 6.45) is 0.441. The van der Waals surface area contributed by atoms with Crippen LogP contribution in [0.1, 0.15) is 26.5 Å². The second-order valence-electron chi connectivity index (χ2n) is 5.78. The molecule has 0 saturated heterocycles. The highest BCUT2D eigenvalue weighted by molar-refractivity contribution is 7.15. The molecule has 0 aliphatic rings. The van der Waals surface area contributed by atoms with Crippen molar-refractivity contribution in [3.63, 3.8) is 0 Å². The largest absolute Gasteiger partial charge is 0.298 e. The molecule has 2 heterocycles. The number of nitrogens with zero attached hydrogens (tertiary/aromatic N) is 3. The summed E-state index contributed by atoms with van der Waals surface area (Å²) in [5, 5.41) is 13.7. The van der Waals surface area contributed by atoms with Gasteiger partial charge in [0.25, 0.3) is 5.91 Å². The van der Waals surface area contributed by atoms with Crippen LogP contribution in [0.5, 0.6) is 0 Å². The number of rotatable bonds is 4. The van der Waals surface area contributed by atoms with Crippen molar-refractivity contribution in [3.8, 4) is 0 Å². The predicted octanol–water partition coefficient (Wildman–Crippen LogP) is 3.71. The van der Waals surface area contributed by atoms with Crippen LogP contribution in [-0.2, 0) is 6.42 Å². The molecule has 0 atom stereocenters. The standard InChI is InChI=1S/C18H14FN5OS/c1-10-16(9-11-4-2-3-5-13(11)19)26-18(20-10)21-17(25)12-6-7-14-15(8-12)23-24-22-14/h2-8H,9H2,1H3,(H,20,21,25)(H,22,23,24). The highest BCUT2D eigenvalue weighted by Crippen LogP contribution is 2.26. The van der Waals surface area contributed by atoms with E-state index in [0.717, 1.165) is 10.6 Å². The first-order chi connectivity index (χ1) is 12.6. The first-order valence-electron chi connectivity index (χ1n) is 7.92. The molecule has 2 aromatic carbocycles. The molecule has 0 bridgehead atoms. The molecule has 4 aromatic rings. The van der Waals surface area contributed by atoms with Gasteiger partial charge in [-0.2, -0.15) is 15.4 Å². The molecule has 0 fully saturated rings. The molecule has 0 saturated carbocycles. The Bertz CT molecular complexity index is 1100. The minimum absolute atomic E-state index is 0.244. The fraction of sp³-hybridized carbons (Fsp3) is 0.111. The van der Waals surface area contributed by atoms with Crippen molar-refractivity contribution < 1.29 is 9.18 Å². The summed E-state index contributed by atoms with van der Waals surface area (Å²) in [4.78, 5) is 17.7. The molecule has 2 N–H and O–H groups in total. The molecule has 6 nitrogen and oxygen atoms in total. The third-order valence-corrected chi connectivity index (χ3v) is 5.07. The van der Waals surface area contributed by atoms with E-state index in [0.29, 0.717) is 33.7 Å². The van der Waals surface area contributed by atoms with E-state index in [1.165, 1.54) is 17.4 Å². The number of thiazole rings is 1. The lowest BCUT2D eigenvalue weighted by Crippen LogP contribution is -2.11. The quantitative estimate of drug-likeness (QED) is 0.576. The molecule has 4 rings (SSSR count). The number of carbonyl (C=O) groups excluding carboxylic acids is 1. The van der Waals surface area contributed by atoms with Gasteiger partial charge in [0.1, 0.15) is 16.9 Å². The number of aryl methyl sites for hydroxylation is 1. The number of aromatic nitrogens is 4. The Hall–Kier alpha value is -3.13. The lowest BCUT2D eigenvalue weighted by atomic mass is 10.1. The van der Waals surface area contributed by atoms with Crippen LogP contribution in [0.4, 0.5) is 9.52 Å². The number of halogens is 1. The van der Waals surface area contributed by atoms with Crippen LogP contribution < -0.4 is 5.32 Å². The molecule has 0 aliphatic heterocycles. The van der Waals surface area contributed by atoms with Gasteiger partial charge in [0.15, 0.2) is 5.13 Å². The van der Waals surface area contributed by atoms with Crippen molar-refractivity contribution >= 4 is 33.4 Å². The molecule has 1 amide bonds. The van der Waals surface area contributed by atoms with Crippen molar-refractivity contribution in [2.75, 3.05) is 5.32 Å². The monoisotopic (exact) mass is 367 g/mol. The van der Waals surface area contributed by atoms with E-state index < -0.39 is 0 Å². The number of nitrogens with one attached hydrogen (secondary N) is 2. The highest BCUT2D eigenvalue weighted by Gasteiger charge is 2.14. The van der Waals surface area contributed by atoms with E-state index in [2.05, 4.69) is 25.7 Å². The number of anilines is 1. The summed E-state index contributed by atoms with van der Waals surface area (Å²) in [5.41, 5.74) is 3.16.